The summed E-state index contributed by atoms with van der Waals surface area (Å²) in [6.07, 6.45) is 2.53. The lowest BCUT2D eigenvalue weighted by Crippen LogP contribution is -2.35. The molecule has 0 aliphatic carbocycles. The molecule has 1 saturated heterocycles. The minimum Gasteiger partial charge on any atom is -0.378 e. The summed E-state index contributed by atoms with van der Waals surface area (Å²) in [6, 6.07) is 9.75. The Morgan fingerprint density at radius 2 is 2.05 bits per heavy atom. The molecule has 0 unspecified atom stereocenters. The Kier molecular flexibility index (Phi) is 5.75. The van der Waals surface area contributed by atoms with Crippen LogP contribution >= 0.6 is 0 Å². The quantitative estimate of drug-likeness (QED) is 0.826. The van der Waals surface area contributed by atoms with E-state index in [2.05, 4.69) is 0 Å². The third-order valence-electron chi connectivity index (χ3n) is 3.62. The van der Waals surface area contributed by atoms with Gasteiger partial charge in [0.05, 0.1) is 12.5 Å². The monoisotopic (exact) mass is 290 g/mol. The highest BCUT2D eigenvalue weighted by atomic mass is 16.5. The van der Waals surface area contributed by atoms with Crippen LogP contribution in [0, 0.1) is 0 Å². The second-order valence-electron chi connectivity index (χ2n) is 5.36. The predicted octanol–water partition coefficient (Wildman–Crippen LogP) is 1.46. The maximum atomic E-state index is 12.4. The maximum absolute atomic E-state index is 12.4. The fraction of sp³-hybridized carbons (Fsp3) is 0.500. The molecule has 114 valence electrons. The lowest BCUT2D eigenvalue weighted by Gasteiger charge is -2.23. The summed E-state index contributed by atoms with van der Waals surface area (Å²) < 4.78 is 5.51. The highest BCUT2D eigenvalue weighted by Gasteiger charge is 2.23. The van der Waals surface area contributed by atoms with Gasteiger partial charge in [0.2, 0.25) is 11.8 Å². The van der Waals surface area contributed by atoms with Crippen molar-refractivity contribution in [3.63, 3.8) is 0 Å². The Morgan fingerprint density at radius 1 is 1.29 bits per heavy atom. The van der Waals surface area contributed by atoms with Crippen LogP contribution in [0.15, 0.2) is 30.3 Å². The number of rotatable bonds is 7. The van der Waals surface area contributed by atoms with Crippen LogP contribution in [0.3, 0.4) is 0 Å². The second kappa shape index (κ2) is 7.78. The zero-order valence-electron chi connectivity index (χ0n) is 12.2. The minimum atomic E-state index is -0.391. The van der Waals surface area contributed by atoms with E-state index in [1.54, 1.807) is 4.90 Å². The summed E-state index contributed by atoms with van der Waals surface area (Å²) in [5.41, 5.74) is 6.24. The molecule has 1 aromatic carbocycles. The van der Waals surface area contributed by atoms with Crippen LogP contribution in [-0.2, 0) is 20.9 Å². The third kappa shape index (κ3) is 5.19. The fourth-order valence-electron chi connectivity index (χ4n) is 2.47. The van der Waals surface area contributed by atoms with E-state index in [9.17, 15) is 9.59 Å². The zero-order chi connectivity index (χ0) is 15.1. The molecule has 2 amide bonds. The molecular weight excluding hydrogens is 268 g/mol. The van der Waals surface area contributed by atoms with E-state index in [0.29, 0.717) is 19.5 Å². The molecule has 5 heteroatoms. The molecular formula is C16H22N2O3. The van der Waals surface area contributed by atoms with Crippen molar-refractivity contribution in [2.24, 2.45) is 5.73 Å². The van der Waals surface area contributed by atoms with E-state index < -0.39 is 5.91 Å². The first-order valence-electron chi connectivity index (χ1n) is 7.37. The number of hydrogen-bond donors (Lipinski definition) is 1. The Hall–Kier alpha value is -1.88. The average Bonchev–Trinajstić information content (AvgIpc) is 2.97. The first kappa shape index (κ1) is 15.5. The Bertz CT molecular complexity index is 470. The molecule has 5 nitrogen and oxygen atoms in total. The number of amides is 2. The van der Waals surface area contributed by atoms with Gasteiger partial charge >= 0.3 is 0 Å². The number of carbonyl (C=O) groups is 2. The van der Waals surface area contributed by atoms with Gasteiger partial charge in [-0.15, -0.1) is 0 Å². The maximum Gasteiger partial charge on any atom is 0.225 e. The smallest absolute Gasteiger partial charge is 0.225 e. The van der Waals surface area contributed by atoms with E-state index in [1.807, 2.05) is 30.3 Å². The molecule has 0 bridgehead atoms. The van der Waals surface area contributed by atoms with Gasteiger partial charge in [-0.25, -0.2) is 0 Å². The van der Waals surface area contributed by atoms with E-state index in [1.165, 1.54) is 0 Å². The lowest BCUT2D eigenvalue weighted by atomic mass is 10.1. The molecule has 1 aliphatic rings. The number of primary amides is 1. The van der Waals surface area contributed by atoms with E-state index in [0.717, 1.165) is 25.0 Å². The molecule has 0 spiro atoms. The van der Waals surface area contributed by atoms with Gasteiger partial charge in [-0.3, -0.25) is 9.59 Å². The van der Waals surface area contributed by atoms with Crippen LogP contribution in [0.2, 0.25) is 0 Å². The van der Waals surface area contributed by atoms with Gasteiger partial charge in [0.1, 0.15) is 0 Å². The van der Waals surface area contributed by atoms with Crippen LogP contribution in [0.1, 0.15) is 31.2 Å². The van der Waals surface area contributed by atoms with Crippen molar-refractivity contribution < 1.29 is 14.3 Å². The first-order valence-corrected chi connectivity index (χ1v) is 7.37. The van der Waals surface area contributed by atoms with Crippen molar-refractivity contribution in [1.82, 2.24) is 4.90 Å². The second-order valence-corrected chi connectivity index (χ2v) is 5.36. The molecule has 21 heavy (non-hydrogen) atoms. The van der Waals surface area contributed by atoms with Gasteiger partial charge in [-0.1, -0.05) is 30.3 Å². The third-order valence-corrected chi connectivity index (χ3v) is 3.62. The SMILES string of the molecule is NC(=O)CCN(Cc1ccccc1)C(=O)C[C@@H]1CCCO1. The van der Waals surface area contributed by atoms with Crippen LogP contribution < -0.4 is 5.73 Å². The number of benzene rings is 1. The summed E-state index contributed by atoms with van der Waals surface area (Å²) in [5, 5.41) is 0. The van der Waals surface area contributed by atoms with Crippen molar-refractivity contribution in [1.29, 1.82) is 0 Å². The molecule has 1 atom stereocenters. The van der Waals surface area contributed by atoms with E-state index in [4.69, 9.17) is 10.5 Å². The molecule has 0 saturated carbocycles. The van der Waals surface area contributed by atoms with Gasteiger partial charge in [0.25, 0.3) is 0 Å². The lowest BCUT2D eigenvalue weighted by molar-refractivity contribution is -0.134. The van der Waals surface area contributed by atoms with Gasteiger partial charge in [-0.2, -0.15) is 0 Å². The Balaban J connectivity index is 1.96. The van der Waals surface area contributed by atoms with Crippen molar-refractivity contribution in [3.8, 4) is 0 Å². The summed E-state index contributed by atoms with van der Waals surface area (Å²) in [4.78, 5) is 25.1. The normalized spacial score (nSPS) is 17.6. The van der Waals surface area contributed by atoms with Gasteiger partial charge in [0.15, 0.2) is 0 Å². The summed E-state index contributed by atoms with van der Waals surface area (Å²) in [5.74, 6) is -0.370. The predicted molar refractivity (Wildman–Crippen MR) is 79.3 cm³/mol. The summed E-state index contributed by atoms with van der Waals surface area (Å²) in [7, 11) is 0. The van der Waals surface area contributed by atoms with Gasteiger partial charge < -0.3 is 15.4 Å². The van der Waals surface area contributed by atoms with Gasteiger partial charge in [0, 0.05) is 26.1 Å². The summed E-state index contributed by atoms with van der Waals surface area (Å²) >= 11 is 0. The average molecular weight is 290 g/mol. The van der Waals surface area contributed by atoms with E-state index >= 15 is 0 Å². The highest BCUT2D eigenvalue weighted by Crippen LogP contribution is 2.17. The number of nitrogens with zero attached hydrogens (tertiary/aromatic N) is 1. The van der Waals surface area contributed by atoms with Crippen LogP contribution in [-0.4, -0.2) is 36.0 Å². The van der Waals surface area contributed by atoms with Crippen molar-refractivity contribution in [3.05, 3.63) is 35.9 Å². The van der Waals surface area contributed by atoms with Gasteiger partial charge in [-0.05, 0) is 18.4 Å². The molecule has 1 heterocycles. The largest absolute Gasteiger partial charge is 0.378 e. The topological polar surface area (TPSA) is 72.6 Å². The van der Waals surface area contributed by atoms with Crippen molar-refractivity contribution >= 4 is 11.8 Å². The molecule has 1 aliphatic heterocycles. The molecule has 0 radical (unpaired) electrons. The van der Waals surface area contributed by atoms with Crippen molar-refractivity contribution in [2.75, 3.05) is 13.2 Å². The van der Waals surface area contributed by atoms with Crippen LogP contribution in [0.5, 0.6) is 0 Å². The molecule has 0 aromatic heterocycles. The van der Waals surface area contributed by atoms with Crippen molar-refractivity contribution in [2.45, 2.75) is 38.3 Å². The number of ether oxygens (including phenoxy) is 1. The standard InChI is InChI=1S/C16H22N2O3/c17-15(19)8-9-18(12-13-5-2-1-3-6-13)16(20)11-14-7-4-10-21-14/h1-3,5-6,14H,4,7-12H2,(H2,17,19)/t14-/m0/s1. The Labute approximate surface area is 125 Å². The fourth-order valence-corrected chi connectivity index (χ4v) is 2.47. The number of nitrogens with two attached hydrogens (primary N) is 1. The van der Waals surface area contributed by atoms with Crippen LogP contribution in [0.4, 0.5) is 0 Å². The first-order chi connectivity index (χ1) is 10.1. The highest BCUT2D eigenvalue weighted by molar-refractivity contribution is 5.78. The van der Waals surface area contributed by atoms with E-state index in [-0.39, 0.29) is 18.4 Å². The number of hydrogen-bond acceptors (Lipinski definition) is 3. The molecule has 1 fully saturated rings. The molecule has 2 rings (SSSR count). The summed E-state index contributed by atoms with van der Waals surface area (Å²) in [6.45, 7) is 1.59. The minimum absolute atomic E-state index is 0.0179. The number of carbonyl (C=O) groups excluding carboxylic acids is 2. The zero-order valence-corrected chi connectivity index (χ0v) is 12.2. The molecule has 2 N–H and O–H groups in total. The van der Waals surface area contributed by atoms with Crippen LogP contribution in [0.25, 0.3) is 0 Å². The Morgan fingerprint density at radius 3 is 2.67 bits per heavy atom. The molecule has 1 aromatic rings.